The molecule has 1 aromatic rings. The molecule has 0 saturated heterocycles. The van der Waals surface area contributed by atoms with E-state index in [4.69, 9.17) is 0 Å². The molecule has 1 saturated carbocycles. The second-order valence-electron chi connectivity index (χ2n) is 4.44. The van der Waals surface area contributed by atoms with Gasteiger partial charge in [-0.2, -0.15) is 11.8 Å². The molecule has 0 radical (unpaired) electrons. The molecule has 4 heteroatoms. The Hall–Kier alpha value is -0.480. The fraction of sp³-hybridized carbons (Fsp3) is 0.615. The first-order valence-electron chi connectivity index (χ1n) is 6.14. The van der Waals surface area contributed by atoms with E-state index >= 15 is 0 Å². The first kappa shape index (κ1) is 13.0. The van der Waals surface area contributed by atoms with Crippen LogP contribution < -0.4 is 0 Å². The van der Waals surface area contributed by atoms with Crippen molar-refractivity contribution < 1.29 is 4.79 Å². The lowest BCUT2D eigenvalue weighted by molar-refractivity contribution is 0.0740. The lowest BCUT2D eigenvalue weighted by Gasteiger charge is -2.24. The highest BCUT2D eigenvalue weighted by molar-refractivity contribution is 7.99. The molecule has 2 nitrogen and oxygen atoms in total. The van der Waals surface area contributed by atoms with E-state index in [1.54, 1.807) is 0 Å². The minimum absolute atomic E-state index is 0.187. The van der Waals surface area contributed by atoms with Crippen LogP contribution in [0.5, 0.6) is 0 Å². The quantitative estimate of drug-likeness (QED) is 0.834. The van der Waals surface area contributed by atoms with Crippen molar-refractivity contribution >= 4 is 29.0 Å². The standard InChI is InChI=1S/C13H19NOS2/c1-3-16-11-7-6-10(9-11)14(2)13(15)12-5-4-8-17-12/h4-5,8,10-11H,3,6-7,9H2,1-2H3/t10-,11-/m0/s1. The fourth-order valence-corrected chi connectivity index (χ4v) is 4.23. The van der Waals surface area contributed by atoms with E-state index in [0.717, 1.165) is 23.0 Å². The van der Waals surface area contributed by atoms with Crippen molar-refractivity contribution in [2.75, 3.05) is 12.8 Å². The third kappa shape index (κ3) is 3.05. The van der Waals surface area contributed by atoms with Gasteiger partial charge in [-0.05, 0) is 36.5 Å². The van der Waals surface area contributed by atoms with Crippen LogP contribution in [0.15, 0.2) is 17.5 Å². The average molecular weight is 269 g/mol. The second kappa shape index (κ2) is 5.91. The van der Waals surface area contributed by atoms with Crippen molar-refractivity contribution in [3.63, 3.8) is 0 Å². The summed E-state index contributed by atoms with van der Waals surface area (Å²) in [5, 5.41) is 2.72. The van der Waals surface area contributed by atoms with Gasteiger partial charge < -0.3 is 4.90 Å². The number of amides is 1. The van der Waals surface area contributed by atoms with Crippen molar-refractivity contribution in [3.05, 3.63) is 22.4 Å². The Kier molecular flexibility index (Phi) is 4.51. The van der Waals surface area contributed by atoms with Gasteiger partial charge in [0.15, 0.2) is 0 Å². The summed E-state index contributed by atoms with van der Waals surface area (Å²) in [5.41, 5.74) is 0. The van der Waals surface area contributed by atoms with Crippen molar-refractivity contribution in [2.45, 2.75) is 37.5 Å². The van der Waals surface area contributed by atoms with Crippen molar-refractivity contribution in [1.29, 1.82) is 0 Å². The highest BCUT2D eigenvalue weighted by Crippen LogP contribution is 2.32. The Morgan fingerprint density at radius 1 is 1.59 bits per heavy atom. The number of thioether (sulfide) groups is 1. The fourth-order valence-electron chi connectivity index (χ4n) is 2.40. The number of carbonyl (C=O) groups is 1. The second-order valence-corrected chi connectivity index (χ2v) is 6.96. The number of rotatable bonds is 4. The summed E-state index contributed by atoms with van der Waals surface area (Å²) >= 11 is 3.57. The molecule has 1 aliphatic carbocycles. The maximum absolute atomic E-state index is 12.2. The minimum Gasteiger partial charge on any atom is -0.338 e. The first-order valence-corrected chi connectivity index (χ1v) is 8.07. The lowest BCUT2D eigenvalue weighted by Crippen LogP contribution is -2.35. The summed E-state index contributed by atoms with van der Waals surface area (Å²) in [6.07, 6.45) is 3.57. The molecule has 0 spiro atoms. The predicted octanol–water partition coefficient (Wildman–Crippen LogP) is 3.49. The molecule has 0 N–H and O–H groups in total. The summed E-state index contributed by atoms with van der Waals surface area (Å²) in [6.45, 7) is 2.21. The molecular formula is C13H19NOS2. The van der Waals surface area contributed by atoms with Crippen LogP contribution in [0, 0.1) is 0 Å². The van der Waals surface area contributed by atoms with Crippen LogP contribution >= 0.6 is 23.1 Å². The van der Waals surface area contributed by atoms with Crippen molar-refractivity contribution in [2.24, 2.45) is 0 Å². The van der Waals surface area contributed by atoms with E-state index in [1.807, 2.05) is 41.2 Å². The number of carbonyl (C=O) groups excluding carboxylic acids is 1. The molecular weight excluding hydrogens is 250 g/mol. The SMILES string of the molecule is CCS[C@H]1CC[C@H](N(C)C(=O)c2cccs2)C1. The molecule has 1 amide bonds. The van der Waals surface area contributed by atoms with Crippen LogP contribution in [0.2, 0.25) is 0 Å². The van der Waals surface area contributed by atoms with Gasteiger partial charge >= 0.3 is 0 Å². The number of hydrogen-bond donors (Lipinski definition) is 0. The number of thiophene rings is 1. The molecule has 0 bridgehead atoms. The molecule has 94 valence electrons. The van der Waals surface area contributed by atoms with Crippen molar-refractivity contribution in [1.82, 2.24) is 4.90 Å². The molecule has 0 aliphatic heterocycles. The predicted molar refractivity (Wildman–Crippen MR) is 76.0 cm³/mol. The van der Waals surface area contributed by atoms with Crippen molar-refractivity contribution in [3.8, 4) is 0 Å². The largest absolute Gasteiger partial charge is 0.338 e. The van der Waals surface area contributed by atoms with E-state index in [9.17, 15) is 4.79 Å². The van der Waals surface area contributed by atoms with E-state index in [0.29, 0.717) is 6.04 Å². The Balaban J connectivity index is 1.93. The molecule has 0 aromatic carbocycles. The third-order valence-corrected chi connectivity index (χ3v) is 5.45. The van der Waals surface area contributed by atoms with Gasteiger partial charge in [-0.1, -0.05) is 13.0 Å². The Labute approximate surface area is 111 Å². The van der Waals surface area contributed by atoms with Crippen LogP contribution in [-0.4, -0.2) is 34.9 Å². The maximum Gasteiger partial charge on any atom is 0.263 e. The zero-order valence-electron chi connectivity index (χ0n) is 10.4. The van der Waals surface area contributed by atoms with Crippen LogP contribution in [0.1, 0.15) is 35.9 Å². The molecule has 0 unspecified atom stereocenters. The summed E-state index contributed by atoms with van der Waals surface area (Å²) in [4.78, 5) is 15.0. The summed E-state index contributed by atoms with van der Waals surface area (Å²) < 4.78 is 0. The van der Waals surface area contributed by atoms with Gasteiger partial charge in [0.05, 0.1) is 4.88 Å². The van der Waals surface area contributed by atoms with Gasteiger partial charge in [0.25, 0.3) is 5.91 Å². The molecule has 1 aromatic heterocycles. The highest BCUT2D eigenvalue weighted by Gasteiger charge is 2.30. The summed E-state index contributed by atoms with van der Waals surface area (Å²) in [6, 6.07) is 4.29. The van der Waals surface area contributed by atoms with Crippen LogP contribution in [0.25, 0.3) is 0 Å². The molecule has 2 atom stereocenters. The van der Waals surface area contributed by atoms with Crippen LogP contribution in [0.3, 0.4) is 0 Å². The maximum atomic E-state index is 12.2. The van der Waals surface area contributed by atoms with E-state index in [2.05, 4.69) is 6.92 Å². The van der Waals surface area contributed by atoms with Gasteiger partial charge in [-0.3, -0.25) is 4.79 Å². The minimum atomic E-state index is 0.187. The van der Waals surface area contributed by atoms with Crippen LogP contribution in [0.4, 0.5) is 0 Å². The molecule has 1 fully saturated rings. The number of hydrogen-bond acceptors (Lipinski definition) is 3. The Morgan fingerprint density at radius 2 is 2.41 bits per heavy atom. The topological polar surface area (TPSA) is 20.3 Å². The monoisotopic (exact) mass is 269 g/mol. The first-order chi connectivity index (χ1) is 8.22. The summed E-state index contributed by atoms with van der Waals surface area (Å²) in [7, 11) is 1.95. The molecule has 1 heterocycles. The average Bonchev–Trinajstić information content (AvgIpc) is 2.98. The van der Waals surface area contributed by atoms with E-state index in [-0.39, 0.29) is 5.91 Å². The molecule has 1 aliphatic rings. The normalized spacial score (nSPS) is 23.9. The van der Waals surface area contributed by atoms with Gasteiger partial charge in [0.2, 0.25) is 0 Å². The Morgan fingerprint density at radius 3 is 3.06 bits per heavy atom. The third-order valence-electron chi connectivity index (χ3n) is 3.36. The zero-order valence-corrected chi connectivity index (χ0v) is 12.0. The molecule has 17 heavy (non-hydrogen) atoms. The smallest absolute Gasteiger partial charge is 0.263 e. The lowest BCUT2D eigenvalue weighted by atomic mass is 10.2. The number of nitrogens with zero attached hydrogens (tertiary/aromatic N) is 1. The van der Waals surface area contributed by atoms with E-state index < -0.39 is 0 Å². The van der Waals surface area contributed by atoms with Gasteiger partial charge in [-0.15, -0.1) is 11.3 Å². The van der Waals surface area contributed by atoms with Gasteiger partial charge in [-0.25, -0.2) is 0 Å². The van der Waals surface area contributed by atoms with Crippen LogP contribution in [-0.2, 0) is 0 Å². The Bertz CT molecular complexity index is 364. The van der Waals surface area contributed by atoms with Gasteiger partial charge in [0.1, 0.15) is 0 Å². The highest BCUT2D eigenvalue weighted by atomic mass is 32.2. The molecule has 2 rings (SSSR count). The van der Waals surface area contributed by atoms with Gasteiger partial charge in [0, 0.05) is 18.3 Å². The summed E-state index contributed by atoms with van der Waals surface area (Å²) in [5.74, 6) is 1.37. The zero-order chi connectivity index (χ0) is 12.3. The van der Waals surface area contributed by atoms with E-state index in [1.165, 1.54) is 23.5 Å².